The lowest BCUT2D eigenvalue weighted by atomic mass is 10.1. The van der Waals surface area contributed by atoms with Crippen LogP contribution >= 0.6 is 32.5 Å². The Labute approximate surface area is 158 Å². The van der Waals surface area contributed by atoms with E-state index in [2.05, 4.69) is 59.2 Å². The van der Waals surface area contributed by atoms with E-state index in [1.807, 2.05) is 13.8 Å². The van der Waals surface area contributed by atoms with Crippen LogP contribution in [-0.2, 0) is 15.5 Å². The highest BCUT2D eigenvalue weighted by Crippen LogP contribution is 2.47. The molecule has 1 aliphatic rings. The van der Waals surface area contributed by atoms with Gasteiger partial charge >= 0.3 is 0 Å². The third kappa shape index (κ3) is 5.89. The summed E-state index contributed by atoms with van der Waals surface area (Å²) in [4.78, 5) is 2.39. The molecule has 1 aromatic rings. The van der Waals surface area contributed by atoms with Crippen molar-refractivity contribution in [3.8, 4) is 0 Å². The van der Waals surface area contributed by atoms with Crippen LogP contribution in [-0.4, -0.2) is 35.5 Å². The fourth-order valence-electron chi connectivity index (χ4n) is 2.61. The molecule has 2 rings (SSSR count). The normalized spacial score (nSPS) is 17.0. The first-order valence-corrected chi connectivity index (χ1v) is 9.25. The molecule has 0 fully saturated rings. The molecule has 0 amide bonds. The zero-order valence-corrected chi connectivity index (χ0v) is 17.4. The maximum absolute atomic E-state index is 5.80. The molecule has 0 spiro atoms. The minimum Gasteiger partial charge on any atom is -0.355 e. The maximum atomic E-state index is 5.80. The van der Waals surface area contributed by atoms with E-state index < -0.39 is 8.53 Å². The van der Waals surface area contributed by atoms with Gasteiger partial charge in [0.15, 0.2) is 0 Å². The van der Waals surface area contributed by atoms with Gasteiger partial charge in [-0.15, -0.1) is 24.0 Å². The molecule has 0 radical (unpaired) electrons. The van der Waals surface area contributed by atoms with Crippen molar-refractivity contribution in [2.24, 2.45) is 0 Å². The molecule has 6 heteroatoms. The number of benzene rings is 1. The Kier molecular flexibility index (Phi) is 10.1. The Hall–Kier alpha value is -0.360. The molecule has 1 aliphatic heterocycles. The Morgan fingerprint density at radius 1 is 1.00 bits per heavy atom. The van der Waals surface area contributed by atoms with Crippen LogP contribution in [0.15, 0.2) is 42.7 Å². The molecule has 130 valence electrons. The smallest absolute Gasteiger partial charge is 0.291 e. The summed E-state index contributed by atoms with van der Waals surface area (Å²) in [5.74, 6) is 0. The molecule has 0 saturated carbocycles. The summed E-state index contributed by atoms with van der Waals surface area (Å²) >= 11 is 0. The predicted molar refractivity (Wildman–Crippen MR) is 107 cm³/mol. The molecule has 4 nitrogen and oxygen atoms in total. The molecular weight excluding hydrogens is 422 g/mol. The van der Waals surface area contributed by atoms with Gasteiger partial charge in [0.2, 0.25) is 0 Å². The molecule has 1 unspecified atom stereocenters. The van der Waals surface area contributed by atoms with Crippen molar-refractivity contribution >= 4 is 32.5 Å². The topological polar surface area (TPSA) is 24.9 Å². The lowest BCUT2D eigenvalue weighted by Crippen LogP contribution is -2.37. The Morgan fingerprint density at radius 2 is 1.65 bits per heavy atom. The Bertz CT molecular complexity index is 455. The van der Waals surface area contributed by atoms with Crippen molar-refractivity contribution < 1.29 is 9.05 Å². The second kappa shape index (κ2) is 11.2. The van der Waals surface area contributed by atoms with E-state index >= 15 is 0 Å². The highest BCUT2D eigenvalue weighted by atomic mass is 127. The van der Waals surface area contributed by atoms with E-state index in [1.165, 1.54) is 5.56 Å². The number of rotatable bonds is 9. The SMILES string of the molecule is CCOP(OCC)N1C=CN(CCc2ccccc2)C1CC.I. The van der Waals surface area contributed by atoms with Gasteiger partial charge in [-0.25, -0.2) is 0 Å². The van der Waals surface area contributed by atoms with Gasteiger partial charge in [0.1, 0.15) is 6.17 Å². The second-order valence-electron chi connectivity index (χ2n) is 5.11. The summed E-state index contributed by atoms with van der Waals surface area (Å²) in [6.07, 6.45) is 6.71. The number of hydrogen-bond acceptors (Lipinski definition) is 4. The molecule has 1 atom stereocenters. The van der Waals surface area contributed by atoms with Crippen LogP contribution < -0.4 is 0 Å². The summed E-state index contributed by atoms with van der Waals surface area (Å²) < 4.78 is 13.8. The fourth-order valence-corrected chi connectivity index (χ4v) is 4.07. The van der Waals surface area contributed by atoms with E-state index in [0.29, 0.717) is 19.4 Å². The van der Waals surface area contributed by atoms with E-state index in [4.69, 9.17) is 9.05 Å². The molecule has 0 bridgehead atoms. The molecule has 0 saturated heterocycles. The average molecular weight is 450 g/mol. The summed E-state index contributed by atoms with van der Waals surface area (Å²) in [6, 6.07) is 10.6. The summed E-state index contributed by atoms with van der Waals surface area (Å²) in [5, 5.41) is 0. The third-order valence-electron chi connectivity index (χ3n) is 3.63. The minimum atomic E-state index is -0.994. The minimum absolute atomic E-state index is 0. The molecular formula is C17H28IN2O2P. The maximum Gasteiger partial charge on any atom is 0.291 e. The highest BCUT2D eigenvalue weighted by Gasteiger charge is 2.32. The van der Waals surface area contributed by atoms with Crippen molar-refractivity contribution in [2.75, 3.05) is 19.8 Å². The van der Waals surface area contributed by atoms with Gasteiger partial charge in [0.05, 0.1) is 13.2 Å². The zero-order chi connectivity index (χ0) is 15.8. The lowest BCUT2D eigenvalue weighted by molar-refractivity contribution is 0.165. The largest absolute Gasteiger partial charge is 0.355 e. The van der Waals surface area contributed by atoms with Crippen LogP contribution in [0.3, 0.4) is 0 Å². The summed E-state index contributed by atoms with van der Waals surface area (Å²) in [6.45, 7) is 8.61. The first-order valence-electron chi connectivity index (χ1n) is 8.12. The molecule has 0 N–H and O–H groups in total. The van der Waals surface area contributed by atoms with Gasteiger partial charge in [-0.1, -0.05) is 37.3 Å². The van der Waals surface area contributed by atoms with E-state index in [-0.39, 0.29) is 24.0 Å². The van der Waals surface area contributed by atoms with Gasteiger partial charge in [0, 0.05) is 18.9 Å². The monoisotopic (exact) mass is 450 g/mol. The van der Waals surface area contributed by atoms with Crippen LogP contribution in [0.5, 0.6) is 0 Å². The molecule has 23 heavy (non-hydrogen) atoms. The Morgan fingerprint density at radius 3 is 2.22 bits per heavy atom. The standard InChI is InChI=1S/C17H27N2O2P.HI/c1-4-17-18(13-12-16-10-8-7-9-11-16)14-15-19(17)22(20-5-2)21-6-3;/h7-11,14-15,17H,4-6,12-13H2,1-3H3;1H. The number of hydrogen-bond donors (Lipinski definition) is 0. The summed E-state index contributed by atoms with van der Waals surface area (Å²) in [7, 11) is -0.994. The molecule has 0 aromatic heterocycles. The van der Waals surface area contributed by atoms with Crippen molar-refractivity contribution in [3.05, 3.63) is 48.3 Å². The van der Waals surface area contributed by atoms with Crippen LogP contribution in [0.4, 0.5) is 0 Å². The van der Waals surface area contributed by atoms with Crippen LogP contribution in [0.25, 0.3) is 0 Å². The van der Waals surface area contributed by atoms with E-state index in [1.54, 1.807) is 0 Å². The van der Waals surface area contributed by atoms with Crippen molar-refractivity contribution in [1.29, 1.82) is 0 Å². The number of halogens is 1. The van der Waals surface area contributed by atoms with Crippen LogP contribution in [0, 0.1) is 0 Å². The van der Waals surface area contributed by atoms with Crippen molar-refractivity contribution in [3.63, 3.8) is 0 Å². The van der Waals surface area contributed by atoms with E-state index in [9.17, 15) is 0 Å². The third-order valence-corrected chi connectivity index (χ3v) is 5.37. The van der Waals surface area contributed by atoms with Crippen molar-refractivity contribution in [2.45, 2.75) is 39.8 Å². The molecule has 1 aromatic carbocycles. The van der Waals surface area contributed by atoms with Crippen LogP contribution in [0.1, 0.15) is 32.8 Å². The van der Waals surface area contributed by atoms with Crippen molar-refractivity contribution in [1.82, 2.24) is 9.57 Å². The predicted octanol–water partition coefficient (Wildman–Crippen LogP) is 4.97. The summed E-state index contributed by atoms with van der Waals surface area (Å²) in [5.41, 5.74) is 1.38. The average Bonchev–Trinajstić information content (AvgIpc) is 2.96. The Balaban J connectivity index is 0.00000264. The van der Waals surface area contributed by atoms with Gasteiger partial charge in [-0.3, -0.25) is 4.67 Å². The quantitative estimate of drug-likeness (QED) is 0.392. The molecule has 0 aliphatic carbocycles. The van der Waals surface area contributed by atoms with Gasteiger partial charge < -0.3 is 13.9 Å². The second-order valence-corrected chi connectivity index (χ2v) is 6.57. The van der Waals surface area contributed by atoms with Gasteiger partial charge in [-0.05, 0) is 32.3 Å². The van der Waals surface area contributed by atoms with Gasteiger partial charge in [0.25, 0.3) is 8.53 Å². The fraction of sp³-hybridized carbons (Fsp3) is 0.529. The van der Waals surface area contributed by atoms with E-state index in [0.717, 1.165) is 19.4 Å². The number of nitrogens with zero attached hydrogens (tertiary/aromatic N) is 2. The first kappa shape index (κ1) is 20.7. The molecule has 1 heterocycles. The zero-order valence-electron chi connectivity index (χ0n) is 14.2. The first-order chi connectivity index (χ1) is 10.8. The highest BCUT2D eigenvalue weighted by molar-refractivity contribution is 14.0. The van der Waals surface area contributed by atoms with Crippen LogP contribution in [0.2, 0.25) is 0 Å². The van der Waals surface area contributed by atoms with Gasteiger partial charge in [-0.2, -0.15) is 0 Å². The lowest BCUT2D eigenvalue weighted by Gasteiger charge is -2.35.